The first-order valence-corrected chi connectivity index (χ1v) is 7.20. The first kappa shape index (κ1) is 14.9. The summed E-state index contributed by atoms with van der Waals surface area (Å²) in [5.41, 5.74) is 0.873. The van der Waals surface area contributed by atoms with E-state index in [4.69, 9.17) is 9.29 Å². The molecular formula is C13H12N2O5S. The van der Waals surface area contributed by atoms with Crippen LogP contribution in [0.1, 0.15) is 0 Å². The molecule has 0 aliphatic carbocycles. The van der Waals surface area contributed by atoms with E-state index in [1.807, 2.05) is 0 Å². The van der Waals surface area contributed by atoms with Gasteiger partial charge in [0.25, 0.3) is 10.1 Å². The lowest BCUT2D eigenvalue weighted by Crippen LogP contribution is -1.96. The number of methoxy groups -OCH3 is 1. The maximum absolute atomic E-state index is 10.9. The van der Waals surface area contributed by atoms with Crippen LogP contribution < -0.4 is 4.74 Å². The largest absolute Gasteiger partial charge is 0.504 e. The minimum atomic E-state index is -4.22. The molecule has 0 aliphatic heterocycles. The Kier molecular flexibility index (Phi) is 4.20. The lowest BCUT2D eigenvalue weighted by atomic mass is 10.3. The van der Waals surface area contributed by atoms with Crippen LogP contribution in [0.2, 0.25) is 0 Å². The van der Waals surface area contributed by atoms with Gasteiger partial charge in [-0.2, -0.15) is 18.6 Å². The summed E-state index contributed by atoms with van der Waals surface area (Å²) in [5, 5.41) is 17.3. The lowest BCUT2D eigenvalue weighted by Gasteiger charge is -2.02. The SMILES string of the molecule is COc1cc(N=Nc2ccc(S(=O)(=O)O)cc2)ccc1O. The van der Waals surface area contributed by atoms with Crippen molar-refractivity contribution in [2.75, 3.05) is 7.11 Å². The van der Waals surface area contributed by atoms with Gasteiger partial charge in [-0.25, -0.2) is 0 Å². The Morgan fingerprint density at radius 3 is 2.14 bits per heavy atom. The number of nitrogens with zero attached hydrogens (tertiary/aromatic N) is 2. The van der Waals surface area contributed by atoms with Crippen LogP contribution in [0.25, 0.3) is 0 Å². The average molecular weight is 308 g/mol. The minimum absolute atomic E-state index is 0.00560. The molecule has 0 radical (unpaired) electrons. The molecule has 2 N–H and O–H groups in total. The topological polar surface area (TPSA) is 109 Å². The van der Waals surface area contributed by atoms with Gasteiger partial charge in [-0.3, -0.25) is 4.55 Å². The summed E-state index contributed by atoms with van der Waals surface area (Å²) >= 11 is 0. The zero-order chi connectivity index (χ0) is 15.5. The van der Waals surface area contributed by atoms with Crippen molar-refractivity contribution in [3.05, 3.63) is 42.5 Å². The van der Waals surface area contributed by atoms with Crippen molar-refractivity contribution in [2.45, 2.75) is 4.90 Å². The van der Waals surface area contributed by atoms with E-state index in [0.717, 1.165) is 0 Å². The highest BCUT2D eigenvalue weighted by Crippen LogP contribution is 2.30. The van der Waals surface area contributed by atoms with Gasteiger partial charge in [0.05, 0.1) is 23.4 Å². The summed E-state index contributed by atoms with van der Waals surface area (Å²) in [5.74, 6) is 0.266. The summed E-state index contributed by atoms with van der Waals surface area (Å²) in [4.78, 5) is -0.215. The molecular weight excluding hydrogens is 296 g/mol. The molecule has 0 bridgehead atoms. The average Bonchev–Trinajstić information content (AvgIpc) is 2.46. The summed E-state index contributed by atoms with van der Waals surface area (Å²) in [7, 11) is -2.80. The first-order chi connectivity index (χ1) is 9.90. The fourth-order valence-corrected chi connectivity index (χ4v) is 2.01. The zero-order valence-corrected chi connectivity index (χ0v) is 11.8. The summed E-state index contributed by atoms with van der Waals surface area (Å²) in [6, 6.07) is 9.74. The van der Waals surface area contributed by atoms with Crippen molar-refractivity contribution in [3.63, 3.8) is 0 Å². The van der Waals surface area contributed by atoms with E-state index in [2.05, 4.69) is 10.2 Å². The Bertz CT molecular complexity index is 770. The van der Waals surface area contributed by atoms with E-state index in [-0.39, 0.29) is 16.4 Å². The van der Waals surface area contributed by atoms with Gasteiger partial charge in [0.2, 0.25) is 0 Å². The molecule has 110 valence electrons. The third kappa shape index (κ3) is 3.77. The number of rotatable bonds is 4. The molecule has 8 heteroatoms. The van der Waals surface area contributed by atoms with Crippen molar-refractivity contribution < 1.29 is 22.8 Å². The minimum Gasteiger partial charge on any atom is -0.504 e. The van der Waals surface area contributed by atoms with Gasteiger partial charge in [0.1, 0.15) is 0 Å². The molecule has 0 aliphatic rings. The van der Waals surface area contributed by atoms with Crippen LogP contribution in [0, 0.1) is 0 Å². The van der Waals surface area contributed by atoms with Crippen LogP contribution in [0.3, 0.4) is 0 Å². The number of ether oxygens (including phenoxy) is 1. The van der Waals surface area contributed by atoms with Gasteiger partial charge in [0, 0.05) is 6.07 Å². The van der Waals surface area contributed by atoms with Crippen LogP contribution in [0.5, 0.6) is 11.5 Å². The number of hydrogen-bond donors (Lipinski definition) is 2. The quantitative estimate of drug-likeness (QED) is 0.666. The smallest absolute Gasteiger partial charge is 0.294 e. The molecule has 7 nitrogen and oxygen atoms in total. The summed E-state index contributed by atoms with van der Waals surface area (Å²) < 4.78 is 35.6. The van der Waals surface area contributed by atoms with Gasteiger partial charge in [-0.05, 0) is 36.4 Å². The van der Waals surface area contributed by atoms with Crippen molar-refractivity contribution >= 4 is 21.5 Å². The second-order valence-corrected chi connectivity index (χ2v) is 5.45. The second kappa shape index (κ2) is 5.90. The van der Waals surface area contributed by atoms with Crippen LogP contribution in [0.15, 0.2) is 57.6 Å². The molecule has 0 heterocycles. The van der Waals surface area contributed by atoms with Gasteiger partial charge in [-0.15, -0.1) is 0 Å². The molecule has 2 rings (SSSR count). The van der Waals surface area contributed by atoms with E-state index >= 15 is 0 Å². The molecule has 0 fully saturated rings. The van der Waals surface area contributed by atoms with Crippen molar-refractivity contribution in [2.24, 2.45) is 10.2 Å². The van der Waals surface area contributed by atoms with Gasteiger partial charge in [0.15, 0.2) is 11.5 Å². The highest BCUT2D eigenvalue weighted by Gasteiger charge is 2.08. The molecule has 0 spiro atoms. The Morgan fingerprint density at radius 2 is 1.57 bits per heavy atom. The van der Waals surface area contributed by atoms with Gasteiger partial charge >= 0.3 is 0 Å². The number of azo groups is 1. The third-order valence-electron chi connectivity index (χ3n) is 2.58. The monoisotopic (exact) mass is 308 g/mol. The Balaban J connectivity index is 2.21. The van der Waals surface area contributed by atoms with Crippen molar-refractivity contribution in [1.82, 2.24) is 0 Å². The Labute approximate surface area is 121 Å². The van der Waals surface area contributed by atoms with E-state index in [1.54, 1.807) is 6.07 Å². The highest BCUT2D eigenvalue weighted by atomic mass is 32.2. The van der Waals surface area contributed by atoms with Crippen molar-refractivity contribution in [3.8, 4) is 11.5 Å². The number of phenols is 1. The van der Waals surface area contributed by atoms with E-state index in [1.165, 1.54) is 43.5 Å². The van der Waals surface area contributed by atoms with Crippen LogP contribution >= 0.6 is 0 Å². The van der Waals surface area contributed by atoms with Crippen molar-refractivity contribution in [1.29, 1.82) is 0 Å². The molecule has 2 aromatic carbocycles. The predicted molar refractivity (Wildman–Crippen MR) is 75.1 cm³/mol. The predicted octanol–water partition coefficient (Wildman–Crippen LogP) is 3.06. The lowest BCUT2D eigenvalue weighted by molar-refractivity contribution is 0.373. The van der Waals surface area contributed by atoms with Gasteiger partial charge in [-0.1, -0.05) is 0 Å². The van der Waals surface area contributed by atoms with E-state index in [9.17, 15) is 13.5 Å². The number of aromatic hydroxyl groups is 1. The zero-order valence-electron chi connectivity index (χ0n) is 11.0. The van der Waals surface area contributed by atoms with Crippen LogP contribution in [-0.4, -0.2) is 25.2 Å². The van der Waals surface area contributed by atoms with Gasteiger partial charge < -0.3 is 9.84 Å². The van der Waals surface area contributed by atoms with Crippen LogP contribution in [0.4, 0.5) is 11.4 Å². The van der Waals surface area contributed by atoms with E-state index in [0.29, 0.717) is 11.4 Å². The summed E-state index contributed by atoms with van der Waals surface area (Å²) in [6.07, 6.45) is 0. The molecule has 0 saturated carbocycles. The highest BCUT2D eigenvalue weighted by molar-refractivity contribution is 7.85. The molecule has 0 saturated heterocycles. The molecule has 0 unspecified atom stereocenters. The van der Waals surface area contributed by atoms with E-state index < -0.39 is 10.1 Å². The first-order valence-electron chi connectivity index (χ1n) is 5.76. The Morgan fingerprint density at radius 1 is 1.00 bits per heavy atom. The van der Waals surface area contributed by atoms with Crippen LogP contribution in [-0.2, 0) is 10.1 Å². The molecule has 0 atom stereocenters. The number of phenolic OH excluding ortho intramolecular Hbond substituents is 1. The fraction of sp³-hybridized carbons (Fsp3) is 0.0769. The standard InChI is InChI=1S/C13H12N2O5S/c1-20-13-8-10(4-7-12(13)16)15-14-9-2-5-11(6-3-9)21(17,18)19/h2-8,16H,1H3,(H,17,18,19). The molecule has 0 aromatic heterocycles. The molecule has 2 aromatic rings. The second-order valence-electron chi connectivity index (χ2n) is 4.03. The number of hydrogen-bond acceptors (Lipinski definition) is 6. The maximum Gasteiger partial charge on any atom is 0.294 e. The molecule has 0 amide bonds. The number of benzene rings is 2. The molecule has 21 heavy (non-hydrogen) atoms. The normalized spacial score (nSPS) is 11.7. The third-order valence-corrected chi connectivity index (χ3v) is 3.45. The summed E-state index contributed by atoms with van der Waals surface area (Å²) in [6.45, 7) is 0. The fourth-order valence-electron chi connectivity index (χ4n) is 1.53. The maximum atomic E-state index is 10.9. The Hall–Kier alpha value is -2.45.